The Morgan fingerprint density at radius 2 is 1.93 bits per heavy atom. The van der Waals surface area contributed by atoms with E-state index < -0.39 is 11.9 Å². The lowest BCUT2D eigenvalue weighted by Gasteiger charge is -2.05. The summed E-state index contributed by atoms with van der Waals surface area (Å²) in [4.78, 5) is 23.4. The van der Waals surface area contributed by atoms with Gasteiger partial charge in [-0.15, -0.1) is 0 Å². The van der Waals surface area contributed by atoms with Crippen molar-refractivity contribution in [2.24, 2.45) is 0 Å². The number of hydrogen-bond donors (Lipinski definition) is 2. The summed E-state index contributed by atoms with van der Waals surface area (Å²) in [6, 6.07) is 16.6. The number of furan rings is 1. The van der Waals surface area contributed by atoms with Crippen molar-refractivity contribution in [3.8, 4) is 17.4 Å². The van der Waals surface area contributed by atoms with Crippen LogP contribution in [-0.4, -0.2) is 17.0 Å². The number of aromatic carboxylic acids is 1. The van der Waals surface area contributed by atoms with E-state index in [4.69, 9.17) is 21.1 Å². The van der Waals surface area contributed by atoms with Crippen LogP contribution in [0.1, 0.15) is 21.7 Å². The average Bonchev–Trinajstić information content (AvgIpc) is 3.16. The lowest BCUT2D eigenvalue weighted by Crippen LogP contribution is -2.13. The van der Waals surface area contributed by atoms with Crippen LogP contribution in [0.4, 0.5) is 5.69 Å². The fourth-order valence-electron chi connectivity index (χ4n) is 2.69. The van der Waals surface area contributed by atoms with Gasteiger partial charge in [-0.25, -0.2) is 4.79 Å². The van der Waals surface area contributed by atoms with Gasteiger partial charge in [0.05, 0.1) is 16.3 Å². The fourth-order valence-corrected chi connectivity index (χ4v) is 2.87. The molecular weight excluding hydrogens is 392 g/mol. The van der Waals surface area contributed by atoms with Gasteiger partial charge in [-0.05, 0) is 48.9 Å². The second kappa shape index (κ2) is 8.46. The molecule has 0 bridgehead atoms. The summed E-state index contributed by atoms with van der Waals surface area (Å²) in [7, 11) is 0. The first-order chi connectivity index (χ1) is 13.9. The second-order valence-electron chi connectivity index (χ2n) is 6.14. The van der Waals surface area contributed by atoms with Gasteiger partial charge in [0.1, 0.15) is 23.2 Å². The Kier molecular flexibility index (Phi) is 5.82. The molecule has 0 aliphatic heterocycles. The molecule has 2 N–H and O–H groups in total. The Hall–Kier alpha value is -3.82. The van der Waals surface area contributed by atoms with Crippen molar-refractivity contribution < 1.29 is 19.1 Å². The molecule has 0 aliphatic carbocycles. The van der Waals surface area contributed by atoms with Crippen molar-refractivity contribution in [3.63, 3.8) is 0 Å². The molecule has 0 saturated carbocycles. The first-order valence-corrected chi connectivity index (χ1v) is 8.88. The highest BCUT2D eigenvalue weighted by Crippen LogP contribution is 2.27. The molecule has 7 heteroatoms. The summed E-state index contributed by atoms with van der Waals surface area (Å²) in [6.07, 6.45) is 1.33. The number of para-hydroxylation sites is 1. The van der Waals surface area contributed by atoms with Crippen LogP contribution in [0.3, 0.4) is 0 Å². The van der Waals surface area contributed by atoms with Crippen molar-refractivity contribution in [3.05, 3.63) is 82.1 Å². The van der Waals surface area contributed by atoms with Gasteiger partial charge in [0.15, 0.2) is 0 Å². The lowest BCUT2D eigenvalue weighted by atomic mass is 10.0. The van der Waals surface area contributed by atoms with Crippen LogP contribution < -0.4 is 5.32 Å². The Labute approximate surface area is 171 Å². The topological polar surface area (TPSA) is 103 Å². The van der Waals surface area contributed by atoms with E-state index in [2.05, 4.69) is 5.32 Å². The third-order valence-electron chi connectivity index (χ3n) is 4.14. The number of hydrogen-bond acceptors (Lipinski definition) is 4. The van der Waals surface area contributed by atoms with Gasteiger partial charge < -0.3 is 14.8 Å². The molecule has 1 heterocycles. The number of carboxylic acids is 1. The molecule has 0 saturated heterocycles. The van der Waals surface area contributed by atoms with Gasteiger partial charge in [-0.3, -0.25) is 4.79 Å². The number of nitrogens with one attached hydrogen (secondary N) is 1. The largest absolute Gasteiger partial charge is 0.478 e. The van der Waals surface area contributed by atoms with Crippen molar-refractivity contribution in [2.45, 2.75) is 6.92 Å². The van der Waals surface area contributed by atoms with Crippen LogP contribution >= 0.6 is 11.6 Å². The van der Waals surface area contributed by atoms with Crippen molar-refractivity contribution >= 4 is 35.2 Å². The minimum atomic E-state index is -1.01. The molecule has 0 spiro atoms. The van der Waals surface area contributed by atoms with Gasteiger partial charge >= 0.3 is 5.97 Å². The first-order valence-electron chi connectivity index (χ1n) is 8.51. The molecule has 0 aliphatic rings. The standard InChI is InChI=1S/C22H15ClN2O4/c1-13-10-14(22(27)28)6-8-17(13)20-9-7-16(29-20)11-15(12-24)21(26)25-19-5-3-2-4-18(19)23/h2-11H,1H3,(H,25,26)(H,27,28)/b15-11-. The maximum atomic E-state index is 12.4. The summed E-state index contributed by atoms with van der Waals surface area (Å²) in [5, 5.41) is 21.4. The van der Waals surface area contributed by atoms with Crippen LogP contribution in [0.2, 0.25) is 5.02 Å². The quantitative estimate of drug-likeness (QED) is 0.450. The third-order valence-corrected chi connectivity index (χ3v) is 4.47. The average molecular weight is 407 g/mol. The summed E-state index contributed by atoms with van der Waals surface area (Å²) in [5.74, 6) is -0.812. The number of halogens is 1. The maximum absolute atomic E-state index is 12.4. The minimum absolute atomic E-state index is 0.149. The predicted octanol–water partition coefficient (Wildman–Crippen LogP) is 5.15. The maximum Gasteiger partial charge on any atom is 0.335 e. The monoisotopic (exact) mass is 406 g/mol. The smallest absolute Gasteiger partial charge is 0.335 e. The van der Waals surface area contributed by atoms with E-state index in [0.29, 0.717) is 27.8 Å². The molecule has 0 unspecified atom stereocenters. The van der Waals surface area contributed by atoms with E-state index in [9.17, 15) is 14.9 Å². The van der Waals surface area contributed by atoms with E-state index in [0.717, 1.165) is 5.56 Å². The number of carbonyl (C=O) groups is 2. The third kappa shape index (κ3) is 4.54. The van der Waals surface area contributed by atoms with Crippen LogP contribution in [0, 0.1) is 18.3 Å². The number of benzene rings is 2. The molecule has 3 aromatic rings. The van der Waals surface area contributed by atoms with Gasteiger partial charge in [0.25, 0.3) is 5.91 Å². The number of amides is 1. The summed E-state index contributed by atoms with van der Waals surface area (Å²) in [5.41, 5.74) is 1.87. The van der Waals surface area contributed by atoms with Crippen LogP contribution in [0.25, 0.3) is 17.4 Å². The lowest BCUT2D eigenvalue weighted by molar-refractivity contribution is -0.112. The van der Waals surface area contributed by atoms with Crippen molar-refractivity contribution in [1.82, 2.24) is 0 Å². The first kappa shape index (κ1) is 19.9. The number of rotatable bonds is 5. The zero-order valence-electron chi connectivity index (χ0n) is 15.3. The van der Waals surface area contributed by atoms with Crippen molar-refractivity contribution in [1.29, 1.82) is 5.26 Å². The molecule has 29 heavy (non-hydrogen) atoms. The second-order valence-corrected chi connectivity index (χ2v) is 6.55. The Balaban J connectivity index is 1.84. The number of carboxylic acid groups (broad SMARTS) is 1. The van der Waals surface area contributed by atoms with Gasteiger partial charge in [-0.1, -0.05) is 29.8 Å². The van der Waals surface area contributed by atoms with E-state index in [1.165, 1.54) is 12.1 Å². The molecule has 2 aromatic carbocycles. The summed E-state index contributed by atoms with van der Waals surface area (Å²) >= 11 is 6.02. The van der Waals surface area contributed by atoms with Gasteiger partial charge in [0, 0.05) is 11.6 Å². The molecule has 3 rings (SSSR count). The molecule has 6 nitrogen and oxygen atoms in total. The van der Waals surface area contributed by atoms with E-state index in [-0.39, 0.29) is 11.1 Å². The Morgan fingerprint density at radius 3 is 2.59 bits per heavy atom. The highest BCUT2D eigenvalue weighted by atomic mass is 35.5. The number of nitriles is 1. The van der Waals surface area contributed by atoms with Gasteiger partial charge in [0.2, 0.25) is 0 Å². The fraction of sp³-hybridized carbons (Fsp3) is 0.0455. The number of anilines is 1. The van der Waals surface area contributed by atoms with E-state index in [1.807, 2.05) is 6.07 Å². The molecule has 0 fully saturated rings. The molecular formula is C22H15ClN2O4. The normalized spacial score (nSPS) is 11.0. The minimum Gasteiger partial charge on any atom is -0.478 e. The van der Waals surface area contributed by atoms with E-state index in [1.54, 1.807) is 55.5 Å². The van der Waals surface area contributed by atoms with Crippen LogP contribution in [-0.2, 0) is 4.79 Å². The zero-order chi connectivity index (χ0) is 21.0. The molecule has 144 valence electrons. The van der Waals surface area contributed by atoms with Gasteiger partial charge in [-0.2, -0.15) is 5.26 Å². The molecule has 1 aromatic heterocycles. The summed E-state index contributed by atoms with van der Waals surface area (Å²) < 4.78 is 5.73. The highest BCUT2D eigenvalue weighted by molar-refractivity contribution is 6.34. The summed E-state index contributed by atoms with van der Waals surface area (Å²) in [6.45, 7) is 1.78. The Morgan fingerprint density at radius 1 is 1.17 bits per heavy atom. The Bertz CT molecular complexity index is 1170. The number of nitrogens with zero attached hydrogens (tertiary/aromatic N) is 1. The zero-order valence-corrected chi connectivity index (χ0v) is 16.0. The SMILES string of the molecule is Cc1cc(C(=O)O)ccc1-c1ccc(/C=C(/C#N)C(=O)Nc2ccccc2Cl)o1. The van der Waals surface area contributed by atoms with Crippen molar-refractivity contribution in [2.75, 3.05) is 5.32 Å². The highest BCUT2D eigenvalue weighted by Gasteiger charge is 2.14. The van der Waals surface area contributed by atoms with E-state index >= 15 is 0 Å². The molecule has 1 amide bonds. The van der Waals surface area contributed by atoms with Crippen LogP contribution in [0.15, 0.2) is 64.6 Å². The molecule has 0 atom stereocenters. The number of carbonyl (C=O) groups excluding carboxylic acids is 1. The predicted molar refractivity (Wildman–Crippen MR) is 110 cm³/mol. The molecule has 0 radical (unpaired) electrons. The number of aryl methyl sites for hydroxylation is 1. The van der Waals surface area contributed by atoms with Crippen LogP contribution in [0.5, 0.6) is 0 Å².